The first-order chi connectivity index (χ1) is 13.2. The predicted molar refractivity (Wildman–Crippen MR) is 112 cm³/mol. The van der Waals surface area contributed by atoms with Crippen molar-refractivity contribution in [3.05, 3.63) is 35.4 Å². The molecule has 2 aliphatic rings. The van der Waals surface area contributed by atoms with Crippen molar-refractivity contribution >= 4 is 15.9 Å². The van der Waals surface area contributed by atoms with Crippen LogP contribution in [0.15, 0.2) is 24.3 Å². The summed E-state index contributed by atoms with van der Waals surface area (Å²) < 4.78 is 24.8. The first-order valence-electron chi connectivity index (χ1n) is 10.2. The molecule has 156 valence electrons. The lowest BCUT2D eigenvalue weighted by Gasteiger charge is -2.40. The van der Waals surface area contributed by atoms with Crippen molar-refractivity contribution in [2.75, 3.05) is 39.0 Å². The molecule has 0 saturated carbocycles. The Kier molecular flexibility index (Phi) is 6.47. The molecular formula is C21H33N3O3S. The Labute approximate surface area is 169 Å². The van der Waals surface area contributed by atoms with E-state index in [0.29, 0.717) is 5.92 Å². The summed E-state index contributed by atoms with van der Waals surface area (Å²) in [5.41, 5.74) is 2.85. The number of benzene rings is 1. The molecule has 1 aromatic rings. The molecule has 1 N–H and O–H groups in total. The number of nitrogens with one attached hydrogen (secondary N) is 1. The van der Waals surface area contributed by atoms with Crippen molar-refractivity contribution in [1.82, 2.24) is 14.5 Å². The highest BCUT2D eigenvalue weighted by molar-refractivity contribution is 7.88. The van der Waals surface area contributed by atoms with E-state index in [1.54, 1.807) is 0 Å². The fourth-order valence-corrected chi connectivity index (χ4v) is 4.88. The third-order valence-corrected chi connectivity index (χ3v) is 6.74. The summed E-state index contributed by atoms with van der Waals surface area (Å²) in [7, 11) is -3.34. The van der Waals surface area contributed by atoms with Gasteiger partial charge in [-0.05, 0) is 42.9 Å². The maximum absolute atomic E-state index is 12.4. The lowest BCUT2D eigenvalue weighted by Crippen LogP contribution is -2.46. The molecule has 1 spiro atoms. The molecule has 2 aliphatic heterocycles. The number of hydrogen-bond donors (Lipinski definition) is 1. The second-order valence-corrected chi connectivity index (χ2v) is 10.7. The molecule has 0 aromatic heterocycles. The van der Waals surface area contributed by atoms with Crippen LogP contribution in [-0.4, -0.2) is 63.1 Å². The van der Waals surface area contributed by atoms with E-state index in [1.807, 2.05) is 4.90 Å². The Morgan fingerprint density at radius 2 is 1.86 bits per heavy atom. The van der Waals surface area contributed by atoms with Gasteiger partial charge in [-0.1, -0.05) is 38.1 Å². The normalized spacial score (nSPS) is 23.6. The summed E-state index contributed by atoms with van der Waals surface area (Å²) in [4.78, 5) is 16.7. The van der Waals surface area contributed by atoms with Gasteiger partial charge in [-0.25, -0.2) is 13.1 Å². The molecule has 0 unspecified atom stereocenters. The Bertz CT molecular complexity index is 792. The zero-order valence-electron chi connectivity index (χ0n) is 17.3. The predicted octanol–water partition coefficient (Wildman–Crippen LogP) is 2.17. The number of amides is 1. The Balaban J connectivity index is 1.56. The van der Waals surface area contributed by atoms with E-state index in [4.69, 9.17) is 0 Å². The topological polar surface area (TPSA) is 69.7 Å². The van der Waals surface area contributed by atoms with Gasteiger partial charge in [0, 0.05) is 31.6 Å². The number of nitrogens with zero attached hydrogens (tertiary/aromatic N) is 2. The monoisotopic (exact) mass is 407 g/mol. The van der Waals surface area contributed by atoms with Crippen LogP contribution in [0.25, 0.3) is 0 Å². The van der Waals surface area contributed by atoms with E-state index in [-0.39, 0.29) is 17.9 Å². The van der Waals surface area contributed by atoms with Crippen LogP contribution in [0, 0.1) is 5.41 Å². The minimum absolute atomic E-state index is 0.122. The minimum atomic E-state index is -3.34. The van der Waals surface area contributed by atoms with Crippen molar-refractivity contribution in [1.29, 1.82) is 0 Å². The highest BCUT2D eigenvalue weighted by Gasteiger charge is 2.42. The number of hydrogen-bond acceptors (Lipinski definition) is 4. The SMILES string of the molecule is CC(C)c1ccc(CN2CCC[C@@]3(CCN(C(=O)CNS(C)(=O)=O)C3)C2)cc1. The van der Waals surface area contributed by atoms with Gasteiger partial charge in [0.1, 0.15) is 0 Å². The molecule has 1 atom stereocenters. The summed E-state index contributed by atoms with van der Waals surface area (Å²) in [6, 6.07) is 8.92. The highest BCUT2D eigenvalue weighted by Crippen LogP contribution is 2.39. The number of piperidine rings is 1. The van der Waals surface area contributed by atoms with Crippen LogP contribution >= 0.6 is 0 Å². The van der Waals surface area contributed by atoms with Crippen molar-refractivity contribution in [3.63, 3.8) is 0 Å². The number of likely N-dealkylation sites (tertiary alicyclic amines) is 2. The summed E-state index contributed by atoms with van der Waals surface area (Å²) >= 11 is 0. The van der Waals surface area contributed by atoms with Crippen LogP contribution in [0.1, 0.15) is 50.2 Å². The molecule has 2 fully saturated rings. The Morgan fingerprint density at radius 1 is 1.14 bits per heavy atom. The molecular weight excluding hydrogens is 374 g/mol. The van der Waals surface area contributed by atoms with Gasteiger partial charge in [-0.15, -0.1) is 0 Å². The molecule has 3 rings (SSSR count). The van der Waals surface area contributed by atoms with E-state index < -0.39 is 10.0 Å². The second-order valence-electron chi connectivity index (χ2n) is 8.87. The zero-order chi connectivity index (χ0) is 20.4. The van der Waals surface area contributed by atoms with Crippen molar-refractivity contribution in [2.45, 2.75) is 45.6 Å². The van der Waals surface area contributed by atoms with Gasteiger partial charge < -0.3 is 4.90 Å². The molecule has 0 aliphatic carbocycles. The second kappa shape index (κ2) is 8.51. The molecule has 2 saturated heterocycles. The van der Waals surface area contributed by atoms with E-state index >= 15 is 0 Å². The van der Waals surface area contributed by atoms with Crippen LogP contribution in [0.4, 0.5) is 0 Å². The van der Waals surface area contributed by atoms with Gasteiger partial charge >= 0.3 is 0 Å². The van der Waals surface area contributed by atoms with E-state index in [0.717, 1.165) is 58.2 Å². The smallest absolute Gasteiger partial charge is 0.237 e. The summed E-state index contributed by atoms with van der Waals surface area (Å²) in [5, 5.41) is 0. The van der Waals surface area contributed by atoms with Crippen LogP contribution in [0.2, 0.25) is 0 Å². The molecule has 1 amide bonds. The summed E-state index contributed by atoms with van der Waals surface area (Å²) in [6.07, 6.45) is 4.37. The average molecular weight is 408 g/mol. The fourth-order valence-electron chi connectivity index (χ4n) is 4.50. The van der Waals surface area contributed by atoms with Gasteiger partial charge in [0.15, 0.2) is 0 Å². The maximum Gasteiger partial charge on any atom is 0.237 e. The van der Waals surface area contributed by atoms with Gasteiger partial charge in [0.05, 0.1) is 12.8 Å². The van der Waals surface area contributed by atoms with Crippen molar-refractivity contribution < 1.29 is 13.2 Å². The number of carbonyl (C=O) groups excluding carboxylic acids is 1. The highest BCUT2D eigenvalue weighted by atomic mass is 32.2. The number of sulfonamides is 1. The van der Waals surface area contributed by atoms with Gasteiger partial charge in [0.25, 0.3) is 0 Å². The standard InChI is InChI=1S/C21H33N3O3S/c1-17(2)19-7-5-18(6-8-19)14-23-11-4-9-21(15-23)10-12-24(16-21)20(25)13-22-28(3,26)27/h5-8,17,22H,4,9-16H2,1-3H3/t21-/m1/s1. The maximum atomic E-state index is 12.4. The molecule has 28 heavy (non-hydrogen) atoms. The van der Waals surface area contributed by atoms with Crippen LogP contribution < -0.4 is 4.72 Å². The molecule has 2 heterocycles. The van der Waals surface area contributed by atoms with Crippen LogP contribution in [0.5, 0.6) is 0 Å². The van der Waals surface area contributed by atoms with E-state index in [9.17, 15) is 13.2 Å². The van der Waals surface area contributed by atoms with E-state index in [1.165, 1.54) is 11.1 Å². The largest absolute Gasteiger partial charge is 0.341 e. The number of rotatable bonds is 6. The average Bonchev–Trinajstić information content (AvgIpc) is 3.03. The summed E-state index contributed by atoms with van der Waals surface area (Å²) in [6.45, 7) is 8.79. The zero-order valence-corrected chi connectivity index (χ0v) is 18.1. The van der Waals surface area contributed by atoms with Crippen molar-refractivity contribution in [3.8, 4) is 0 Å². The fraction of sp³-hybridized carbons (Fsp3) is 0.667. The lowest BCUT2D eigenvalue weighted by atomic mass is 9.79. The third kappa shape index (κ3) is 5.55. The first kappa shape index (κ1) is 21.3. The Morgan fingerprint density at radius 3 is 2.50 bits per heavy atom. The lowest BCUT2D eigenvalue weighted by molar-refractivity contribution is -0.129. The van der Waals surface area contributed by atoms with Gasteiger partial charge in [-0.2, -0.15) is 0 Å². The molecule has 1 aromatic carbocycles. The Hall–Kier alpha value is -1.44. The molecule has 0 radical (unpaired) electrons. The molecule has 0 bridgehead atoms. The molecule has 7 heteroatoms. The summed E-state index contributed by atoms with van der Waals surface area (Å²) in [5.74, 6) is 0.426. The number of carbonyl (C=O) groups is 1. The van der Waals surface area contributed by atoms with Crippen LogP contribution in [-0.2, 0) is 21.4 Å². The minimum Gasteiger partial charge on any atom is -0.341 e. The third-order valence-electron chi connectivity index (χ3n) is 6.07. The van der Waals surface area contributed by atoms with Crippen LogP contribution in [0.3, 0.4) is 0 Å². The van der Waals surface area contributed by atoms with Crippen molar-refractivity contribution in [2.24, 2.45) is 5.41 Å². The molecule has 6 nitrogen and oxygen atoms in total. The quantitative estimate of drug-likeness (QED) is 0.785. The van der Waals surface area contributed by atoms with Gasteiger partial charge in [0.2, 0.25) is 15.9 Å². The van der Waals surface area contributed by atoms with E-state index in [2.05, 4.69) is 47.7 Å². The first-order valence-corrected chi connectivity index (χ1v) is 12.1. The van der Waals surface area contributed by atoms with Gasteiger partial charge in [-0.3, -0.25) is 9.69 Å².